The van der Waals surface area contributed by atoms with E-state index in [1.54, 1.807) is 0 Å². The van der Waals surface area contributed by atoms with Crippen molar-refractivity contribution in [2.24, 2.45) is 0 Å². The van der Waals surface area contributed by atoms with E-state index in [9.17, 15) is 19.2 Å². The number of hydrogen-bond acceptors (Lipinski definition) is 4. The van der Waals surface area contributed by atoms with Crippen LogP contribution in [0.1, 0.15) is 77.0 Å². The second kappa shape index (κ2) is 16.4. The zero-order valence-corrected chi connectivity index (χ0v) is 15.4. The maximum atomic E-state index is 11.6. The van der Waals surface area contributed by atoms with Gasteiger partial charge in [-0.3, -0.25) is 19.2 Å². The van der Waals surface area contributed by atoms with Crippen LogP contribution in [0.3, 0.4) is 0 Å². The molecule has 0 spiro atoms. The van der Waals surface area contributed by atoms with E-state index in [1.165, 1.54) is 0 Å². The van der Waals surface area contributed by atoms with Gasteiger partial charge in [-0.05, 0) is 38.5 Å². The SMILES string of the molecule is O=C(O)CCCCNC(=O)CCCCCCC(=O)NCCCCC(=O)O. The maximum absolute atomic E-state index is 11.6. The Morgan fingerprint density at radius 1 is 0.500 bits per heavy atom. The Labute approximate surface area is 154 Å². The van der Waals surface area contributed by atoms with Crippen LogP contribution in [-0.2, 0) is 19.2 Å². The predicted molar refractivity (Wildman–Crippen MR) is 96.7 cm³/mol. The van der Waals surface area contributed by atoms with Gasteiger partial charge in [-0.1, -0.05) is 12.8 Å². The number of aliphatic carboxylic acids is 2. The summed E-state index contributed by atoms with van der Waals surface area (Å²) in [4.78, 5) is 43.8. The minimum absolute atomic E-state index is 0.0144. The Balaban J connectivity index is 3.35. The number of carboxylic acids is 2. The van der Waals surface area contributed by atoms with Crippen molar-refractivity contribution in [3.63, 3.8) is 0 Å². The molecule has 0 aromatic rings. The Kier molecular flexibility index (Phi) is 15.0. The summed E-state index contributed by atoms with van der Waals surface area (Å²) < 4.78 is 0. The van der Waals surface area contributed by atoms with Crippen LogP contribution >= 0.6 is 0 Å². The molecular weight excluding hydrogens is 340 g/mol. The molecule has 0 rings (SSSR count). The maximum Gasteiger partial charge on any atom is 0.303 e. The number of rotatable bonds is 17. The molecule has 150 valence electrons. The van der Waals surface area contributed by atoms with Gasteiger partial charge in [0.15, 0.2) is 0 Å². The Morgan fingerprint density at radius 2 is 0.846 bits per heavy atom. The van der Waals surface area contributed by atoms with Crippen molar-refractivity contribution in [3.05, 3.63) is 0 Å². The monoisotopic (exact) mass is 372 g/mol. The fourth-order valence-electron chi connectivity index (χ4n) is 2.36. The lowest BCUT2D eigenvalue weighted by Crippen LogP contribution is -2.24. The van der Waals surface area contributed by atoms with Gasteiger partial charge < -0.3 is 20.8 Å². The van der Waals surface area contributed by atoms with E-state index in [1.807, 2.05) is 0 Å². The lowest BCUT2D eigenvalue weighted by Gasteiger charge is -2.06. The van der Waals surface area contributed by atoms with Gasteiger partial charge in [0.2, 0.25) is 11.8 Å². The molecule has 0 saturated heterocycles. The van der Waals surface area contributed by atoms with E-state index in [0.717, 1.165) is 25.7 Å². The minimum Gasteiger partial charge on any atom is -0.481 e. The number of carbonyl (C=O) groups excluding carboxylic acids is 2. The first-order valence-electron chi connectivity index (χ1n) is 9.39. The molecule has 0 aliphatic carbocycles. The first-order chi connectivity index (χ1) is 12.4. The van der Waals surface area contributed by atoms with Gasteiger partial charge in [-0.25, -0.2) is 0 Å². The third kappa shape index (κ3) is 18.2. The highest BCUT2D eigenvalue weighted by molar-refractivity contribution is 5.76. The molecule has 8 nitrogen and oxygen atoms in total. The van der Waals surface area contributed by atoms with Gasteiger partial charge in [-0.15, -0.1) is 0 Å². The van der Waals surface area contributed by atoms with E-state index >= 15 is 0 Å². The normalized spacial score (nSPS) is 10.3. The van der Waals surface area contributed by atoms with Crippen LogP contribution in [0.5, 0.6) is 0 Å². The fraction of sp³-hybridized carbons (Fsp3) is 0.778. The van der Waals surface area contributed by atoms with E-state index in [0.29, 0.717) is 51.6 Å². The number of carboxylic acid groups (broad SMARTS) is 2. The molecule has 0 heterocycles. The van der Waals surface area contributed by atoms with Gasteiger partial charge in [0.05, 0.1) is 0 Å². The quantitative estimate of drug-likeness (QED) is 0.289. The highest BCUT2D eigenvalue weighted by Gasteiger charge is 2.04. The summed E-state index contributed by atoms with van der Waals surface area (Å²) in [7, 11) is 0. The highest BCUT2D eigenvalue weighted by atomic mass is 16.4. The molecule has 0 aromatic heterocycles. The lowest BCUT2D eigenvalue weighted by atomic mass is 10.1. The Bertz CT molecular complexity index is 399. The van der Waals surface area contributed by atoms with Crippen LogP contribution in [0.2, 0.25) is 0 Å². The predicted octanol–water partition coefficient (Wildman–Crippen LogP) is 2.07. The largest absolute Gasteiger partial charge is 0.481 e. The first-order valence-corrected chi connectivity index (χ1v) is 9.39. The van der Waals surface area contributed by atoms with Gasteiger partial charge in [-0.2, -0.15) is 0 Å². The Hall–Kier alpha value is -2.12. The molecule has 0 unspecified atom stereocenters. The van der Waals surface area contributed by atoms with Crippen LogP contribution < -0.4 is 10.6 Å². The molecule has 0 fully saturated rings. The molecule has 0 bridgehead atoms. The first kappa shape index (κ1) is 23.9. The number of carbonyl (C=O) groups is 4. The van der Waals surface area contributed by atoms with Crippen molar-refractivity contribution in [1.29, 1.82) is 0 Å². The molecule has 8 heteroatoms. The molecule has 2 amide bonds. The topological polar surface area (TPSA) is 133 Å². The minimum atomic E-state index is -0.816. The van der Waals surface area contributed by atoms with Crippen LogP contribution in [0.15, 0.2) is 0 Å². The third-order valence-corrected chi connectivity index (χ3v) is 3.84. The van der Waals surface area contributed by atoms with E-state index in [-0.39, 0.29) is 24.7 Å². The van der Waals surface area contributed by atoms with Gasteiger partial charge in [0.25, 0.3) is 0 Å². The van der Waals surface area contributed by atoms with Crippen molar-refractivity contribution in [1.82, 2.24) is 10.6 Å². The summed E-state index contributed by atoms with van der Waals surface area (Å²) in [5, 5.41) is 22.5. The van der Waals surface area contributed by atoms with Gasteiger partial charge >= 0.3 is 11.9 Å². The van der Waals surface area contributed by atoms with Gasteiger partial charge in [0, 0.05) is 38.8 Å². The number of hydrogen-bond donors (Lipinski definition) is 4. The van der Waals surface area contributed by atoms with Crippen molar-refractivity contribution >= 4 is 23.8 Å². The van der Waals surface area contributed by atoms with Crippen molar-refractivity contribution in [3.8, 4) is 0 Å². The zero-order chi connectivity index (χ0) is 19.6. The van der Waals surface area contributed by atoms with Crippen molar-refractivity contribution in [2.75, 3.05) is 13.1 Å². The van der Waals surface area contributed by atoms with E-state index < -0.39 is 11.9 Å². The molecule has 0 aromatic carbocycles. The summed E-state index contributed by atoms with van der Waals surface area (Å²) >= 11 is 0. The van der Waals surface area contributed by atoms with Crippen LogP contribution in [-0.4, -0.2) is 47.1 Å². The second-order valence-corrected chi connectivity index (χ2v) is 6.32. The van der Waals surface area contributed by atoms with E-state index in [2.05, 4.69) is 10.6 Å². The summed E-state index contributed by atoms with van der Waals surface area (Å²) in [5.41, 5.74) is 0. The van der Waals surface area contributed by atoms with Crippen LogP contribution in [0.4, 0.5) is 0 Å². The number of nitrogens with one attached hydrogen (secondary N) is 2. The molecule has 0 radical (unpaired) electrons. The molecule has 0 aliphatic heterocycles. The molecule has 4 N–H and O–H groups in total. The summed E-state index contributed by atoms with van der Waals surface area (Å²) in [5.74, 6) is -1.66. The number of unbranched alkanes of at least 4 members (excludes halogenated alkanes) is 5. The average Bonchev–Trinajstić information content (AvgIpc) is 2.56. The summed E-state index contributed by atoms with van der Waals surface area (Å²) in [6.07, 6.45) is 6.97. The average molecular weight is 372 g/mol. The molecule has 0 saturated carbocycles. The van der Waals surface area contributed by atoms with Crippen molar-refractivity contribution in [2.45, 2.75) is 77.0 Å². The molecule has 0 atom stereocenters. The van der Waals surface area contributed by atoms with E-state index in [4.69, 9.17) is 10.2 Å². The summed E-state index contributed by atoms with van der Waals surface area (Å²) in [6.45, 7) is 1.03. The van der Waals surface area contributed by atoms with Crippen LogP contribution in [0.25, 0.3) is 0 Å². The molecule has 0 aliphatic rings. The zero-order valence-electron chi connectivity index (χ0n) is 15.4. The third-order valence-electron chi connectivity index (χ3n) is 3.84. The smallest absolute Gasteiger partial charge is 0.303 e. The van der Waals surface area contributed by atoms with Crippen molar-refractivity contribution < 1.29 is 29.4 Å². The fourth-order valence-corrected chi connectivity index (χ4v) is 2.36. The number of amides is 2. The van der Waals surface area contributed by atoms with Gasteiger partial charge in [0.1, 0.15) is 0 Å². The lowest BCUT2D eigenvalue weighted by molar-refractivity contribution is -0.138. The van der Waals surface area contributed by atoms with Crippen LogP contribution in [0, 0.1) is 0 Å². The molecule has 26 heavy (non-hydrogen) atoms. The highest BCUT2D eigenvalue weighted by Crippen LogP contribution is 2.05. The standard InChI is InChI=1S/C18H32N2O6/c21-15(19-13-7-5-11-17(23)24)9-3-1-2-4-10-16(22)20-14-8-6-12-18(25)26/h1-14H2,(H,19,21)(H,20,22)(H,23,24)(H,25,26). The Morgan fingerprint density at radius 3 is 1.19 bits per heavy atom. The second-order valence-electron chi connectivity index (χ2n) is 6.32. The molecular formula is C18H32N2O6. The summed E-state index contributed by atoms with van der Waals surface area (Å²) in [6, 6.07) is 0.